The van der Waals surface area contributed by atoms with E-state index in [9.17, 15) is 12.9 Å². The lowest BCUT2D eigenvalue weighted by Gasteiger charge is -2.22. The average molecular weight is 232 g/mol. The highest BCUT2D eigenvalue weighted by atomic mass is 19.4. The highest BCUT2D eigenvalue weighted by molar-refractivity contribution is 6.74. The number of ether oxygens (including phenoxy) is 1. The van der Waals surface area contributed by atoms with Crippen molar-refractivity contribution in [3.8, 4) is 5.88 Å². The van der Waals surface area contributed by atoms with Gasteiger partial charge in [-0.15, -0.1) is 0 Å². The molecule has 16 heavy (non-hydrogen) atoms. The molecule has 0 bridgehead atoms. The van der Waals surface area contributed by atoms with E-state index in [1.807, 2.05) is 20.8 Å². The molecule has 0 aliphatic heterocycles. The topological polar surface area (TPSA) is 22.1 Å². The van der Waals surface area contributed by atoms with Crippen molar-refractivity contribution in [2.45, 2.75) is 20.8 Å². The van der Waals surface area contributed by atoms with Crippen LogP contribution in [0.3, 0.4) is 0 Å². The van der Waals surface area contributed by atoms with Crippen molar-refractivity contribution in [2.75, 3.05) is 6.61 Å². The summed E-state index contributed by atoms with van der Waals surface area (Å²) in [5, 5.41) is 0. The first-order valence-corrected chi connectivity index (χ1v) is 4.98. The number of aromatic nitrogens is 1. The van der Waals surface area contributed by atoms with Crippen LogP contribution in [0.5, 0.6) is 5.88 Å². The molecule has 2 nitrogen and oxygen atoms in total. The predicted octanol–water partition coefficient (Wildman–Crippen LogP) is 2.56. The van der Waals surface area contributed by atoms with E-state index in [1.54, 1.807) is 0 Å². The first kappa shape index (κ1) is 12.9. The Bertz CT molecular complexity index is 360. The Kier molecular flexibility index (Phi) is 3.50. The number of hydrogen-bond donors (Lipinski definition) is 0. The van der Waals surface area contributed by atoms with E-state index >= 15 is 0 Å². The van der Waals surface area contributed by atoms with Crippen molar-refractivity contribution in [2.24, 2.45) is 5.41 Å². The van der Waals surface area contributed by atoms with Crippen molar-refractivity contribution in [1.29, 1.82) is 0 Å². The molecule has 0 saturated heterocycles. The summed E-state index contributed by atoms with van der Waals surface area (Å²) in [7, 11) is 0. The summed E-state index contributed by atoms with van der Waals surface area (Å²) >= 11 is 0. The van der Waals surface area contributed by atoms with E-state index in [1.165, 1.54) is 12.3 Å². The smallest absolute Gasteiger partial charge is 0.479 e. The maximum absolute atomic E-state index is 12.6. The maximum atomic E-state index is 12.6. The minimum absolute atomic E-state index is 0.198. The van der Waals surface area contributed by atoms with Gasteiger partial charge in [0.15, 0.2) is 5.88 Å². The Labute approximate surface area is 92.9 Å². The molecule has 0 spiro atoms. The zero-order chi connectivity index (χ0) is 12.4. The lowest BCUT2D eigenvalue weighted by Crippen LogP contribution is -2.36. The first-order chi connectivity index (χ1) is 7.20. The summed E-state index contributed by atoms with van der Waals surface area (Å²) in [6, 6.07) is 2.25. The zero-order valence-corrected chi connectivity index (χ0v) is 9.51. The standard InChI is InChI=1S/C10H14BF3NO/c1-10(2,3)7-16-9-8(11(12,13)14)5-4-6-15-9/h4-6H,7H2,1-3H3/q-1. The molecule has 1 heterocycles. The normalized spacial score (nSPS) is 12.6. The minimum Gasteiger partial charge on any atom is -0.479 e. The monoisotopic (exact) mass is 232 g/mol. The third kappa shape index (κ3) is 3.75. The Morgan fingerprint density at radius 3 is 2.44 bits per heavy atom. The first-order valence-electron chi connectivity index (χ1n) is 4.98. The third-order valence-electron chi connectivity index (χ3n) is 1.80. The van der Waals surface area contributed by atoms with Gasteiger partial charge in [-0.05, 0) is 16.9 Å². The number of pyridine rings is 1. The number of rotatable bonds is 3. The van der Waals surface area contributed by atoms with Crippen molar-refractivity contribution >= 4 is 12.4 Å². The van der Waals surface area contributed by atoms with Gasteiger partial charge in [-0.25, -0.2) is 4.98 Å². The molecule has 90 valence electrons. The van der Waals surface area contributed by atoms with E-state index in [4.69, 9.17) is 4.74 Å². The summed E-state index contributed by atoms with van der Waals surface area (Å²) in [6.45, 7) is 0.774. The van der Waals surface area contributed by atoms with Gasteiger partial charge in [0.2, 0.25) is 0 Å². The fourth-order valence-corrected chi connectivity index (χ4v) is 1.06. The maximum Gasteiger partial charge on any atom is 0.514 e. The van der Waals surface area contributed by atoms with Crippen LogP contribution in [0.1, 0.15) is 20.8 Å². The molecule has 0 fully saturated rings. The highest BCUT2D eigenvalue weighted by Crippen LogP contribution is 2.18. The van der Waals surface area contributed by atoms with Crippen LogP contribution < -0.4 is 10.2 Å². The molecule has 1 aromatic rings. The second-order valence-electron chi connectivity index (χ2n) is 4.82. The van der Waals surface area contributed by atoms with Gasteiger partial charge in [-0.2, -0.15) is 0 Å². The lowest BCUT2D eigenvalue weighted by molar-refractivity contribution is 0.192. The Morgan fingerprint density at radius 2 is 1.94 bits per heavy atom. The molecule has 0 radical (unpaired) electrons. The molecule has 0 aromatic carbocycles. The molecular formula is C10H14BF3NO-. The molecule has 0 N–H and O–H groups in total. The quantitative estimate of drug-likeness (QED) is 0.747. The molecule has 0 aliphatic rings. The van der Waals surface area contributed by atoms with Crippen LogP contribution in [0.4, 0.5) is 12.9 Å². The molecule has 0 aliphatic carbocycles. The Balaban J connectivity index is 2.88. The third-order valence-corrected chi connectivity index (χ3v) is 1.80. The molecule has 0 saturated carbocycles. The fraction of sp³-hybridized carbons (Fsp3) is 0.500. The highest BCUT2D eigenvalue weighted by Gasteiger charge is 2.30. The van der Waals surface area contributed by atoms with Crippen LogP contribution in [0.25, 0.3) is 0 Å². The van der Waals surface area contributed by atoms with Gasteiger partial charge < -0.3 is 17.7 Å². The number of halogens is 3. The molecule has 0 atom stereocenters. The van der Waals surface area contributed by atoms with Crippen LogP contribution in [0, 0.1) is 5.41 Å². The SMILES string of the molecule is CC(C)(C)COc1ncccc1[B-](F)(F)F. The van der Waals surface area contributed by atoms with Crippen molar-refractivity contribution < 1.29 is 17.7 Å². The molecule has 1 aromatic heterocycles. The Morgan fingerprint density at radius 1 is 1.31 bits per heavy atom. The van der Waals surface area contributed by atoms with E-state index in [2.05, 4.69) is 4.98 Å². The largest absolute Gasteiger partial charge is 0.514 e. The molecule has 0 amide bonds. The van der Waals surface area contributed by atoms with E-state index in [0.717, 1.165) is 6.07 Å². The summed E-state index contributed by atoms with van der Waals surface area (Å²) in [4.78, 5) is 3.62. The van der Waals surface area contributed by atoms with E-state index in [-0.39, 0.29) is 17.9 Å². The van der Waals surface area contributed by atoms with Crippen LogP contribution in [-0.2, 0) is 0 Å². The van der Waals surface area contributed by atoms with Gasteiger partial charge in [-0.3, -0.25) is 0 Å². The van der Waals surface area contributed by atoms with Crippen molar-refractivity contribution in [1.82, 2.24) is 4.98 Å². The number of nitrogens with zero attached hydrogens (tertiary/aromatic N) is 1. The average Bonchev–Trinajstić information content (AvgIpc) is 2.12. The molecule has 1 rings (SSSR count). The van der Waals surface area contributed by atoms with Gasteiger partial charge in [0.25, 0.3) is 0 Å². The predicted molar refractivity (Wildman–Crippen MR) is 57.9 cm³/mol. The van der Waals surface area contributed by atoms with Crippen LogP contribution in [0.15, 0.2) is 18.3 Å². The van der Waals surface area contributed by atoms with Gasteiger partial charge in [0.05, 0.1) is 6.61 Å². The summed E-state index contributed by atoms with van der Waals surface area (Å²) in [5.41, 5.74) is -0.973. The molecule has 6 heteroatoms. The second-order valence-corrected chi connectivity index (χ2v) is 4.82. The van der Waals surface area contributed by atoms with Gasteiger partial charge in [0, 0.05) is 6.20 Å². The zero-order valence-electron chi connectivity index (χ0n) is 9.51. The van der Waals surface area contributed by atoms with Gasteiger partial charge in [0.1, 0.15) is 0 Å². The van der Waals surface area contributed by atoms with Crippen LogP contribution in [0.2, 0.25) is 0 Å². The second kappa shape index (κ2) is 4.35. The number of hydrogen-bond acceptors (Lipinski definition) is 2. The lowest BCUT2D eigenvalue weighted by atomic mass is 9.81. The van der Waals surface area contributed by atoms with E-state index < -0.39 is 12.4 Å². The summed E-state index contributed by atoms with van der Waals surface area (Å²) < 4.78 is 42.9. The fourth-order valence-electron chi connectivity index (χ4n) is 1.06. The van der Waals surface area contributed by atoms with Gasteiger partial charge >= 0.3 is 6.98 Å². The summed E-state index contributed by atoms with van der Waals surface area (Å²) in [6.07, 6.45) is 1.29. The van der Waals surface area contributed by atoms with Crippen molar-refractivity contribution in [3.63, 3.8) is 0 Å². The Hall–Kier alpha value is -1.20. The summed E-state index contributed by atoms with van der Waals surface area (Å²) in [5.74, 6) is -0.329. The van der Waals surface area contributed by atoms with Gasteiger partial charge in [-0.1, -0.05) is 26.8 Å². The molecule has 0 unspecified atom stereocenters. The molecular weight excluding hydrogens is 218 g/mol. The van der Waals surface area contributed by atoms with Crippen LogP contribution in [-0.4, -0.2) is 18.6 Å². The van der Waals surface area contributed by atoms with Crippen molar-refractivity contribution in [3.05, 3.63) is 18.3 Å². The van der Waals surface area contributed by atoms with Crippen LogP contribution >= 0.6 is 0 Å². The minimum atomic E-state index is -5.07. The van der Waals surface area contributed by atoms with E-state index in [0.29, 0.717) is 0 Å².